The summed E-state index contributed by atoms with van der Waals surface area (Å²) >= 11 is 3.45. The predicted molar refractivity (Wildman–Crippen MR) is 87.7 cm³/mol. The van der Waals surface area contributed by atoms with Crippen LogP contribution in [0.5, 0.6) is 11.5 Å². The van der Waals surface area contributed by atoms with Gasteiger partial charge in [0.05, 0.1) is 32.1 Å². The minimum atomic E-state index is -4.78. The van der Waals surface area contributed by atoms with E-state index in [9.17, 15) is 13.2 Å². The Balaban J connectivity index is 2.03. The first-order valence-electron chi connectivity index (χ1n) is 7.59. The number of benzene rings is 1. The molecule has 0 fully saturated rings. The van der Waals surface area contributed by atoms with Crippen LogP contribution in [0.3, 0.4) is 0 Å². The van der Waals surface area contributed by atoms with E-state index < -0.39 is 12.1 Å². The molecule has 9 heteroatoms. The Hall–Kier alpha value is -1.74. The molecule has 0 saturated heterocycles. The van der Waals surface area contributed by atoms with Crippen molar-refractivity contribution in [1.29, 1.82) is 0 Å². The Morgan fingerprint density at radius 3 is 2.76 bits per heavy atom. The van der Waals surface area contributed by atoms with Crippen LogP contribution in [0.4, 0.5) is 13.2 Å². The van der Waals surface area contributed by atoms with Crippen molar-refractivity contribution in [2.24, 2.45) is 0 Å². The van der Waals surface area contributed by atoms with Crippen LogP contribution in [0.1, 0.15) is 12.6 Å². The molecule has 2 aromatic rings. The van der Waals surface area contributed by atoms with Gasteiger partial charge in [-0.05, 0) is 41.1 Å². The van der Waals surface area contributed by atoms with E-state index in [1.165, 1.54) is 25.3 Å². The number of halogens is 4. The zero-order valence-electron chi connectivity index (χ0n) is 13.6. The van der Waals surface area contributed by atoms with Gasteiger partial charge in [0.25, 0.3) is 0 Å². The van der Waals surface area contributed by atoms with Crippen molar-refractivity contribution < 1.29 is 27.4 Å². The minimum absolute atomic E-state index is 0.0100. The van der Waals surface area contributed by atoms with Gasteiger partial charge in [-0.3, -0.25) is 0 Å². The van der Waals surface area contributed by atoms with Crippen molar-refractivity contribution in [3.05, 3.63) is 28.5 Å². The number of imidazole rings is 1. The van der Waals surface area contributed by atoms with Crippen LogP contribution in [0.15, 0.2) is 22.8 Å². The monoisotopic (exact) mass is 420 g/mol. The van der Waals surface area contributed by atoms with Gasteiger partial charge in [-0.25, -0.2) is 4.98 Å². The summed E-state index contributed by atoms with van der Waals surface area (Å²) in [6.45, 7) is 3.16. The minimum Gasteiger partial charge on any atom is -0.493 e. The van der Waals surface area contributed by atoms with Gasteiger partial charge in [0.1, 0.15) is 10.4 Å². The molecule has 136 valence electrons. The van der Waals surface area contributed by atoms with Crippen molar-refractivity contribution in [2.45, 2.75) is 32.4 Å². The number of rotatable bonds is 3. The first kappa shape index (κ1) is 18.1. The number of hydrogen-bond acceptors (Lipinski definition) is 4. The number of methoxy groups -OCH3 is 1. The molecule has 1 aliphatic rings. The number of ether oxygens (including phenoxy) is 3. The third-order valence-electron chi connectivity index (χ3n) is 3.85. The van der Waals surface area contributed by atoms with Crippen LogP contribution in [0.25, 0.3) is 11.4 Å². The Kier molecular flexibility index (Phi) is 4.97. The molecule has 3 rings (SSSR count). The molecular weight excluding hydrogens is 405 g/mol. The molecule has 5 nitrogen and oxygen atoms in total. The van der Waals surface area contributed by atoms with E-state index in [4.69, 9.17) is 9.47 Å². The highest BCUT2D eigenvalue weighted by Crippen LogP contribution is 2.37. The van der Waals surface area contributed by atoms with Crippen molar-refractivity contribution in [1.82, 2.24) is 9.55 Å². The van der Waals surface area contributed by atoms with Gasteiger partial charge in [-0.15, -0.1) is 13.2 Å². The maximum absolute atomic E-state index is 12.5. The molecule has 1 aromatic carbocycles. The lowest BCUT2D eigenvalue weighted by Gasteiger charge is -2.15. The molecule has 0 bridgehead atoms. The van der Waals surface area contributed by atoms with Gasteiger partial charge >= 0.3 is 6.36 Å². The van der Waals surface area contributed by atoms with Gasteiger partial charge in [0.2, 0.25) is 0 Å². The average molecular weight is 421 g/mol. The van der Waals surface area contributed by atoms with E-state index in [2.05, 4.69) is 25.7 Å². The number of alkyl halides is 3. The summed E-state index contributed by atoms with van der Waals surface area (Å²) in [6, 6.07) is 4.25. The van der Waals surface area contributed by atoms with Crippen LogP contribution in [-0.4, -0.2) is 35.7 Å². The molecular formula is C16H16BrF3N2O3. The maximum Gasteiger partial charge on any atom is 0.573 e. The normalized spacial score (nSPS) is 17.8. The van der Waals surface area contributed by atoms with E-state index in [0.717, 1.165) is 5.69 Å². The second-order valence-electron chi connectivity index (χ2n) is 5.63. The lowest BCUT2D eigenvalue weighted by molar-refractivity contribution is -0.275. The van der Waals surface area contributed by atoms with Crippen LogP contribution in [-0.2, 0) is 17.7 Å². The van der Waals surface area contributed by atoms with Gasteiger partial charge in [0.15, 0.2) is 11.5 Å². The van der Waals surface area contributed by atoms with Crippen LogP contribution in [0, 0.1) is 0 Å². The quantitative estimate of drug-likeness (QED) is 0.746. The molecule has 1 aromatic heterocycles. The van der Waals surface area contributed by atoms with Crippen LogP contribution >= 0.6 is 15.9 Å². The highest BCUT2D eigenvalue weighted by molar-refractivity contribution is 9.10. The molecule has 0 N–H and O–H groups in total. The maximum atomic E-state index is 12.5. The molecule has 1 unspecified atom stereocenters. The molecule has 0 saturated carbocycles. The third kappa shape index (κ3) is 3.92. The van der Waals surface area contributed by atoms with Crippen molar-refractivity contribution in [3.63, 3.8) is 0 Å². The van der Waals surface area contributed by atoms with E-state index in [-0.39, 0.29) is 11.9 Å². The van der Waals surface area contributed by atoms with Crippen molar-refractivity contribution in [2.75, 3.05) is 13.7 Å². The second-order valence-corrected chi connectivity index (χ2v) is 6.38. The summed E-state index contributed by atoms with van der Waals surface area (Å²) in [5, 5.41) is 0. The largest absolute Gasteiger partial charge is 0.573 e. The summed E-state index contributed by atoms with van der Waals surface area (Å²) in [5.74, 6) is 0.231. The molecule has 1 atom stereocenters. The lowest BCUT2D eigenvalue weighted by atomic mass is 10.2. The topological polar surface area (TPSA) is 45.5 Å². The fourth-order valence-corrected chi connectivity index (χ4v) is 3.37. The standard InChI is InChI=1S/C16H16BrF3N2O3/c1-9-8-22-11(5-6-24-9)14(17)21-15(22)10-3-4-12(13(7-10)23-2)25-16(18,19)20/h3-4,7,9H,5-6,8H2,1-2H3. The lowest BCUT2D eigenvalue weighted by Crippen LogP contribution is -2.17. The highest BCUT2D eigenvalue weighted by atomic mass is 79.9. The summed E-state index contributed by atoms with van der Waals surface area (Å²) in [6.07, 6.45) is -4.07. The number of fused-ring (bicyclic) bond motifs is 1. The zero-order chi connectivity index (χ0) is 18.2. The molecule has 0 amide bonds. The molecule has 0 spiro atoms. The van der Waals surface area contributed by atoms with Crippen molar-refractivity contribution >= 4 is 15.9 Å². The van der Waals surface area contributed by atoms with E-state index >= 15 is 0 Å². The van der Waals surface area contributed by atoms with Gasteiger partial charge < -0.3 is 18.8 Å². The molecule has 2 heterocycles. The fraction of sp³-hybridized carbons (Fsp3) is 0.438. The summed E-state index contributed by atoms with van der Waals surface area (Å²) in [5.41, 5.74) is 1.63. The van der Waals surface area contributed by atoms with Gasteiger partial charge in [0, 0.05) is 12.0 Å². The molecule has 1 aliphatic heterocycles. The van der Waals surface area contributed by atoms with E-state index in [1.807, 2.05) is 11.5 Å². The number of hydrogen-bond donors (Lipinski definition) is 0. The predicted octanol–water partition coefficient (Wildman–Crippen LogP) is 4.18. The Morgan fingerprint density at radius 1 is 1.32 bits per heavy atom. The Morgan fingerprint density at radius 2 is 2.08 bits per heavy atom. The molecule has 25 heavy (non-hydrogen) atoms. The third-order valence-corrected chi connectivity index (χ3v) is 4.49. The Bertz CT molecular complexity index is 777. The fourth-order valence-electron chi connectivity index (χ4n) is 2.79. The van der Waals surface area contributed by atoms with Gasteiger partial charge in [-0.1, -0.05) is 0 Å². The summed E-state index contributed by atoms with van der Waals surface area (Å²) in [4.78, 5) is 4.52. The number of nitrogens with zero attached hydrogens (tertiary/aromatic N) is 2. The Labute approximate surface area is 150 Å². The highest BCUT2D eigenvalue weighted by Gasteiger charge is 2.32. The second kappa shape index (κ2) is 6.87. The van der Waals surface area contributed by atoms with Crippen LogP contribution in [0.2, 0.25) is 0 Å². The average Bonchev–Trinajstić information content (AvgIpc) is 2.71. The first-order valence-corrected chi connectivity index (χ1v) is 8.38. The SMILES string of the molecule is COc1cc(-c2nc(Br)c3n2CC(C)OCC3)ccc1OC(F)(F)F. The van der Waals surface area contributed by atoms with Crippen LogP contribution < -0.4 is 9.47 Å². The smallest absolute Gasteiger partial charge is 0.493 e. The van der Waals surface area contributed by atoms with E-state index in [1.54, 1.807) is 0 Å². The molecule has 0 radical (unpaired) electrons. The molecule has 0 aliphatic carbocycles. The van der Waals surface area contributed by atoms with Gasteiger partial charge in [-0.2, -0.15) is 0 Å². The zero-order valence-corrected chi connectivity index (χ0v) is 15.1. The van der Waals surface area contributed by atoms with Crippen molar-refractivity contribution in [3.8, 4) is 22.9 Å². The number of aromatic nitrogens is 2. The first-order chi connectivity index (χ1) is 11.8. The summed E-state index contributed by atoms with van der Waals surface area (Å²) in [7, 11) is 1.29. The van der Waals surface area contributed by atoms with E-state index in [0.29, 0.717) is 35.6 Å². The summed E-state index contributed by atoms with van der Waals surface area (Å²) < 4.78 is 54.9.